The number of anilines is 1. The summed E-state index contributed by atoms with van der Waals surface area (Å²) in [6.45, 7) is 0. The number of hydrazone groups is 1. The predicted octanol–water partition coefficient (Wildman–Crippen LogP) is 4.02. The normalized spacial score (nSPS) is 11.7. The zero-order chi connectivity index (χ0) is 19.4. The van der Waals surface area contributed by atoms with E-state index in [2.05, 4.69) is 20.5 Å². The average Bonchev–Trinajstić information content (AvgIpc) is 2.63. The summed E-state index contributed by atoms with van der Waals surface area (Å²) >= 11 is 0. The molecule has 0 aliphatic heterocycles. The Bertz CT molecular complexity index is 976. The number of phenols is 2. The maximum absolute atomic E-state index is 13.1. The molecule has 0 radical (unpaired) electrons. The lowest BCUT2D eigenvalue weighted by atomic mass is 10.2. The van der Waals surface area contributed by atoms with Crippen molar-refractivity contribution in [2.75, 3.05) is 5.43 Å². The molecule has 0 amide bonds. The highest BCUT2D eigenvalue weighted by molar-refractivity contribution is 5.84. The summed E-state index contributed by atoms with van der Waals surface area (Å²) in [6.07, 6.45) is -3.46. The topological polar surface area (TPSA) is 90.6 Å². The lowest BCUT2D eigenvalue weighted by Crippen LogP contribution is -2.11. The molecular weight excluding hydrogens is 361 g/mol. The summed E-state index contributed by atoms with van der Waals surface area (Å²) in [7, 11) is 0. The third kappa shape index (κ3) is 4.51. The molecule has 138 valence electrons. The van der Waals surface area contributed by atoms with Crippen molar-refractivity contribution in [1.29, 1.82) is 0 Å². The third-order valence-corrected chi connectivity index (χ3v) is 3.45. The van der Waals surface area contributed by atoms with E-state index in [1.165, 1.54) is 18.3 Å². The second-order valence-corrected chi connectivity index (χ2v) is 5.44. The Labute approximate surface area is 151 Å². The molecule has 1 aromatic heterocycles. The van der Waals surface area contributed by atoms with Crippen molar-refractivity contribution in [1.82, 2.24) is 9.97 Å². The summed E-state index contributed by atoms with van der Waals surface area (Å²) < 4.78 is 39.4. The Hall–Kier alpha value is -3.62. The highest BCUT2D eigenvalue weighted by Gasteiger charge is 2.33. The zero-order valence-corrected chi connectivity index (χ0v) is 13.6. The molecule has 27 heavy (non-hydrogen) atoms. The first-order valence-electron chi connectivity index (χ1n) is 7.66. The van der Waals surface area contributed by atoms with Crippen LogP contribution in [0, 0.1) is 0 Å². The van der Waals surface area contributed by atoms with Crippen LogP contribution in [-0.4, -0.2) is 26.4 Å². The number of benzene rings is 2. The van der Waals surface area contributed by atoms with Crippen LogP contribution in [0.15, 0.2) is 59.7 Å². The molecule has 0 bridgehead atoms. The van der Waals surface area contributed by atoms with Gasteiger partial charge in [0.15, 0.2) is 17.3 Å². The molecule has 2 aromatic carbocycles. The number of halogens is 3. The molecule has 3 aromatic rings. The molecule has 6 nitrogen and oxygen atoms in total. The summed E-state index contributed by atoms with van der Waals surface area (Å²) in [5.41, 5.74) is 1.97. The number of nitrogens with one attached hydrogen (secondary N) is 1. The second-order valence-electron chi connectivity index (χ2n) is 5.44. The van der Waals surface area contributed by atoms with Gasteiger partial charge in [0.25, 0.3) is 0 Å². The van der Waals surface area contributed by atoms with Gasteiger partial charge in [-0.1, -0.05) is 30.3 Å². The zero-order valence-electron chi connectivity index (χ0n) is 13.6. The first-order valence-corrected chi connectivity index (χ1v) is 7.66. The van der Waals surface area contributed by atoms with E-state index in [0.717, 1.165) is 12.1 Å². The largest absolute Gasteiger partial charge is 0.508 e. The van der Waals surface area contributed by atoms with Gasteiger partial charge in [-0.2, -0.15) is 18.3 Å². The van der Waals surface area contributed by atoms with Crippen LogP contribution in [0.4, 0.5) is 19.0 Å². The molecule has 0 aliphatic carbocycles. The Kier molecular flexibility index (Phi) is 4.93. The van der Waals surface area contributed by atoms with Gasteiger partial charge in [-0.15, -0.1) is 0 Å². The van der Waals surface area contributed by atoms with E-state index in [9.17, 15) is 23.4 Å². The lowest BCUT2D eigenvalue weighted by Gasteiger charge is -2.10. The van der Waals surface area contributed by atoms with E-state index in [4.69, 9.17) is 0 Å². The van der Waals surface area contributed by atoms with Crippen LogP contribution in [0.5, 0.6) is 11.5 Å². The Morgan fingerprint density at radius 2 is 1.70 bits per heavy atom. The fourth-order valence-electron chi connectivity index (χ4n) is 2.18. The van der Waals surface area contributed by atoms with E-state index in [1.807, 2.05) is 0 Å². The molecule has 0 spiro atoms. The van der Waals surface area contributed by atoms with Gasteiger partial charge in [0.2, 0.25) is 0 Å². The van der Waals surface area contributed by atoms with E-state index in [1.54, 1.807) is 30.3 Å². The van der Waals surface area contributed by atoms with Gasteiger partial charge in [-0.3, -0.25) is 5.43 Å². The van der Waals surface area contributed by atoms with Crippen molar-refractivity contribution in [3.63, 3.8) is 0 Å². The number of rotatable bonds is 4. The van der Waals surface area contributed by atoms with Gasteiger partial charge in [-0.05, 0) is 12.1 Å². The van der Waals surface area contributed by atoms with Crippen molar-refractivity contribution < 1.29 is 23.4 Å². The smallest absolute Gasteiger partial charge is 0.433 e. The van der Waals surface area contributed by atoms with Crippen LogP contribution in [0.1, 0.15) is 11.3 Å². The van der Waals surface area contributed by atoms with Crippen LogP contribution in [0.25, 0.3) is 11.4 Å². The van der Waals surface area contributed by atoms with Gasteiger partial charge >= 0.3 is 6.18 Å². The SMILES string of the molecule is Oc1ccc(C=NNc2cc(C(F)(F)F)nc(-c3ccccc3)n2)c(O)c1. The molecule has 0 saturated carbocycles. The maximum Gasteiger partial charge on any atom is 0.433 e. The number of alkyl halides is 3. The highest BCUT2D eigenvalue weighted by Crippen LogP contribution is 2.30. The minimum Gasteiger partial charge on any atom is -0.508 e. The van der Waals surface area contributed by atoms with Crippen LogP contribution in [-0.2, 0) is 6.18 Å². The number of hydrogen-bond acceptors (Lipinski definition) is 6. The Morgan fingerprint density at radius 3 is 2.37 bits per heavy atom. The van der Waals surface area contributed by atoms with Crippen LogP contribution < -0.4 is 5.43 Å². The second kappa shape index (κ2) is 7.32. The fourth-order valence-corrected chi connectivity index (χ4v) is 2.18. The number of nitrogens with zero attached hydrogens (tertiary/aromatic N) is 3. The number of phenolic OH excluding ortho intramolecular Hbond substituents is 2. The van der Waals surface area contributed by atoms with Crippen molar-refractivity contribution in [3.8, 4) is 22.9 Å². The monoisotopic (exact) mass is 374 g/mol. The van der Waals surface area contributed by atoms with Crippen molar-refractivity contribution in [3.05, 3.63) is 65.9 Å². The van der Waals surface area contributed by atoms with Crippen molar-refractivity contribution >= 4 is 12.0 Å². The number of aromatic nitrogens is 2. The van der Waals surface area contributed by atoms with Gasteiger partial charge < -0.3 is 10.2 Å². The van der Waals surface area contributed by atoms with E-state index < -0.39 is 11.9 Å². The summed E-state index contributed by atoms with van der Waals surface area (Å²) in [4.78, 5) is 7.62. The van der Waals surface area contributed by atoms with Gasteiger partial charge in [0.05, 0.1) is 6.21 Å². The average molecular weight is 374 g/mol. The van der Waals surface area contributed by atoms with Gasteiger partial charge in [0, 0.05) is 23.3 Å². The Morgan fingerprint density at radius 1 is 0.963 bits per heavy atom. The molecule has 9 heteroatoms. The van der Waals surface area contributed by atoms with Crippen molar-refractivity contribution in [2.24, 2.45) is 5.10 Å². The minimum atomic E-state index is -4.65. The molecule has 0 aliphatic rings. The molecule has 1 heterocycles. The van der Waals surface area contributed by atoms with Gasteiger partial charge in [-0.25, -0.2) is 9.97 Å². The van der Waals surface area contributed by atoms with E-state index >= 15 is 0 Å². The van der Waals surface area contributed by atoms with E-state index in [-0.39, 0.29) is 28.7 Å². The molecular formula is C18H13F3N4O2. The third-order valence-electron chi connectivity index (χ3n) is 3.45. The molecule has 0 fully saturated rings. The molecule has 0 unspecified atom stereocenters. The predicted molar refractivity (Wildman–Crippen MR) is 93.5 cm³/mol. The van der Waals surface area contributed by atoms with Crippen LogP contribution in [0.2, 0.25) is 0 Å². The summed E-state index contributed by atoms with van der Waals surface area (Å²) in [5, 5.41) is 22.7. The standard InChI is InChI=1S/C18H13F3N4O2/c19-18(20,21)15-9-16(24-17(23-15)11-4-2-1-3-5-11)25-22-10-12-6-7-13(26)8-14(12)27/h1-10,26-27H,(H,23,24,25). The Balaban J connectivity index is 1.91. The first-order chi connectivity index (χ1) is 12.8. The van der Waals surface area contributed by atoms with Crippen LogP contribution in [0.3, 0.4) is 0 Å². The summed E-state index contributed by atoms with van der Waals surface area (Å²) in [6, 6.07) is 12.8. The first kappa shape index (κ1) is 18.2. The van der Waals surface area contributed by atoms with Gasteiger partial charge in [0.1, 0.15) is 11.5 Å². The highest BCUT2D eigenvalue weighted by atomic mass is 19.4. The van der Waals surface area contributed by atoms with Crippen molar-refractivity contribution in [2.45, 2.75) is 6.18 Å². The maximum atomic E-state index is 13.1. The van der Waals surface area contributed by atoms with Crippen LogP contribution >= 0.6 is 0 Å². The summed E-state index contributed by atoms with van der Waals surface area (Å²) in [5.74, 6) is -0.624. The number of hydrogen-bond donors (Lipinski definition) is 3. The minimum absolute atomic E-state index is 0.101. The number of aromatic hydroxyl groups is 2. The van der Waals surface area contributed by atoms with E-state index in [0.29, 0.717) is 5.56 Å². The fraction of sp³-hybridized carbons (Fsp3) is 0.0556. The molecule has 3 N–H and O–H groups in total. The molecule has 0 saturated heterocycles. The molecule has 0 atom stereocenters. The lowest BCUT2D eigenvalue weighted by molar-refractivity contribution is -0.141. The molecule has 3 rings (SSSR count). The quantitative estimate of drug-likeness (QED) is 0.474.